The van der Waals surface area contributed by atoms with E-state index in [0.717, 1.165) is 0 Å². The fraction of sp³-hybridized carbons (Fsp3) is 0.400. The van der Waals surface area contributed by atoms with Crippen molar-refractivity contribution in [2.75, 3.05) is 7.11 Å². The Morgan fingerprint density at radius 3 is 2.31 bits per heavy atom. The zero-order valence-electron chi connectivity index (χ0n) is 8.60. The minimum absolute atomic E-state index is 0.00877. The molecule has 1 atom stereocenters. The topological polar surface area (TPSA) is 29.5 Å². The number of ether oxygens (including phenoxy) is 1. The Bertz CT molecular complexity index is 388. The monoisotopic (exact) mass is 298 g/mol. The molecular formula is C10H10BrF3O2. The minimum atomic E-state index is -4.76. The molecule has 6 heteroatoms. The van der Waals surface area contributed by atoms with Gasteiger partial charge in [-0.1, -0.05) is 15.9 Å². The lowest BCUT2D eigenvalue weighted by molar-refractivity contribution is -0.259. The smallest absolute Gasteiger partial charge is 0.421 e. The number of hydrogen-bond donors (Lipinski definition) is 1. The predicted octanol–water partition coefficient (Wildman–Crippen LogP) is 3.23. The van der Waals surface area contributed by atoms with Crippen molar-refractivity contribution in [3.05, 3.63) is 28.2 Å². The van der Waals surface area contributed by atoms with Crippen LogP contribution in [0.4, 0.5) is 13.2 Å². The van der Waals surface area contributed by atoms with E-state index in [2.05, 4.69) is 15.9 Å². The number of alkyl halides is 3. The second-order valence-corrected chi connectivity index (χ2v) is 4.33. The Morgan fingerprint density at radius 2 is 1.88 bits per heavy atom. The van der Waals surface area contributed by atoms with Crippen molar-refractivity contribution < 1.29 is 23.0 Å². The van der Waals surface area contributed by atoms with E-state index in [1.54, 1.807) is 0 Å². The van der Waals surface area contributed by atoms with Crippen molar-refractivity contribution in [1.29, 1.82) is 0 Å². The van der Waals surface area contributed by atoms with Crippen LogP contribution in [0.15, 0.2) is 22.7 Å². The van der Waals surface area contributed by atoms with Gasteiger partial charge in [-0.15, -0.1) is 0 Å². The zero-order valence-corrected chi connectivity index (χ0v) is 10.2. The third kappa shape index (κ3) is 2.32. The van der Waals surface area contributed by atoms with Crippen LogP contribution < -0.4 is 4.74 Å². The van der Waals surface area contributed by atoms with Gasteiger partial charge in [-0.05, 0) is 25.1 Å². The molecule has 0 aliphatic heterocycles. The Hall–Kier alpha value is -0.750. The molecule has 2 nitrogen and oxygen atoms in total. The molecule has 0 aliphatic carbocycles. The first kappa shape index (κ1) is 13.3. The first-order valence-electron chi connectivity index (χ1n) is 4.33. The van der Waals surface area contributed by atoms with Gasteiger partial charge in [0.15, 0.2) is 5.60 Å². The molecule has 0 radical (unpaired) electrons. The molecule has 0 heterocycles. The number of halogens is 4. The van der Waals surface area contributed by atoms with Gasteiger partial charge in [-0.25, -0.2) is 0 Å². The summed E-state index contributed by atoms with van der Waals surface area (Å²) >= 11 is 3.05. The van der Waals surface area contributed by atoms with Gasteiger partial charge in [0.2, 0.25) is 0 Å². The van der Waals surface area contributed by atoms with Gasteiger partial charge in [-0.3, -0.25) is 0 Å². The van der Waals surface area contributed by atoms with E-state index < -0.39 is 11.8 Å². The predicted molar refractivity (Wildman–Crippen MR) is 56.3 cm³/mol. The van der Waals surface area contributed by atoms with Gasteiger partial charge in [0.1, 0.15) is 5.75 Å². The molecule has 1 aromatic rings. The molecule has 0 saturated carbocycles. The number of hydrogen-bond acceptors (Lipinski definition) is 2. The lowest BCUT2D eigenvalue weighted by Gasteiger charge is -2.28. The highest BCUT2D eigenvalue weighted by Gasteiger charge is 2.52. The van der Waals surface area contributed by atoms with Crippen molar-refractivity contribution in [2.45, 2.75) is 18.7 Å². The highest BCUT2D eigenvalue weighted by atomic mass is 79.9. The first-order valence-corrected chi connectivity index (χ1v) is 5.12. The lowest BCUT2D eigenvalue weighted by Crippen LogP contribution is -2.39. The maximum atomic E-state index is 12.6. The second-order valence-electron chi connectivity index (χ2n) is 3.41. The van der Waals surface area contributed by atoms with E-state index in [1.807, 2.05) is 0 Å². The van der Waals surface area contributed by atoms with Crippen LogP contribution in [-0.4, -0.2) is 18.4 Å². The maximum Gasteiger partial charge on any atom is 0.421 e. The average molecular weight is 299 g/mol. The largest absolute Gasteiger partial charge is 0.496 e. The van der Waals surface area contributed by atoms with Gasteiger partial charge in [0.25, 0.3) is 0 Å². The Balaban J connectivity index is 3.36. The third-order valence-corrected chi connectivity index (χ3v) is 2.73. The van der Waals surface area contributed by atoms with Crippen LogP contribution in [0.5, 0.6) is 5.75 Å². The minimum Gasteiger partial charge on any atom is -0.496 e. The first-order chi connectivity index (χ1) is 7.20. The molecule has 0 saturated heterocycles. The molecule has 0 aromatic heterocycles. The Labute approximate surface area is 99.2 Å². The van der Waals surface area contributed by atoms with E-state index in [9.17, 15) is 18.3 Å². The van der Waals surface area contributed by atoms with Crippen molar-refractivity contribution in [2.24, 2.45) is 0 Å². The summed E-state index contributed by atoms with van der Waals surface area (Å²) in [6, 6.07) is 4.08. The van der Waals surface area contributed by atoms with Crippen LogP contribution >= 0.6 is 15.9 Å². The number of rotatable bonds is 2. The summed E-state index contributed by atoms with van der Waals surface area (Å²) in [7, 11) is 1.25. The third-order valence-electron chi connectivity index (χ3n) is 2.24. The highest BCUT2D eigenvalue weighted by Crippen LogP contribution is 2.43. The summed E-state index contributed by atoms with van der Waals surface area (Å²) in [5.41, 5.74) is -3.26. The zero-order chi connectivity index (χ0) is 12.6. The van der Waals surface area contributed by atoms with Crippen LogP contribution in [0, 0.1) is 0 Å². The summed E-state index contributed by atoms with van der Waals surface area (Å²) in [4.78, 5) is 0. The lowest BCUT2D eigenvalue weighted by atomic mass is 9.94. The Morgan fingerprint density at radius 1 is 1.31 bits per heavy atom. The van der Waals surface area contributed by atoms with Crippen LogP contribution in [0.25, 0.3) is 0 Å². The van der Waals surface area contributed by atoms with Gasteiger partial charge < -0.3 is 9.84 Å². The van der Waals surface area contributed by atoms with Crippen LogP contribution in [0.1, 0.15) is 12.5 Å². The maximum absolute atomic E-state index is 12.6. The SMILES string of the molecule is COc1ccc(Br)cc1C(C)(O)C(F)(F)F. The number of methoxy groups -OCH3 is 1. The summed E-state index contributed by atoms with van der Waals surface area (Å²) < 4.78 is 43.2. The molecule has 1 unspecified atom stereocenters. The highest BCUT2D eigenvalue weighted by molar-refractivity contribution is 9.10. The molecule has 0 fully saturated rings. The summed E-state index contributed by atoms with van der Waals surface area (Å²) in [5, 5.41) is 9.53. The van der Waals surface area contributed by atoms with Gasteiger partial charge >= 0.3 is 6.18 Å². The summed E-state index contributed by atoms with van der Waals surface area (Å²) in [6.07, 6.45) is -4.76. The van der Waals surface area contributed by atoms with Crippen LogP contribution in [0.2, 0.25) is 0 Å². The van der Waals surface area contributed by atoms with Gasteiger partial charge in [-0.2, -0.15) is 13.2 Å². The molecule has 90 valence electrons. The molecule has 1 N–H and O–H groups in total. The molecular weight excluding hydrogens is 289 g/mol. The van der Waals surface area contributed by atoms with Crippen LogP contribution in [0.3, 0.4) is 0 Å². The number of benzene rings is 1. The molecule has 16 heavy (non-hydrogen) atoms. The van der Waals surface area contributed by atoms with Crippen molar-refractivity contribution in [3.63, 3.8) is 0 Å². The molecule has 0 spiro atoms. The number of aliphatic hydroxyl groups is 1. The molecule has 0 bridgehead atoms. The van der Waals surface area contributed by atoms with Gasteiger partial charge in [0.05, 0.1) is 7.11 Å². The van der Waals surface area contributed by atoms with E-state index in [-0.39, 0.29) is 11.3 Å². The fourth-order valence-corrected chi connectivity index (χ4v) is 1.57. The van der Waals surface area contributed by atoms with E-state index in [1.165, 1.54) is 25.3 Å². The molecule has 1 rings (SSSR count). The van der Waals surface area contributed by atoms with Crippen LogP contribution in [-0.2, 0) is 5.60 Å². The van der Waals surface area contributed by atoms with E-state index in [4.69, 9.17) is 4.74 Å². The normalized spacial score (nSPS) is 15.7. The van der Waals surface area contributed by atoms with Crippen molar-refractivity contribution >= 4 is 15.9 Å². The fourth-order valence-electron chi connectivity index (χ4n) is 1.21. The summed E-state index contributed by atoms with van der Waals surface area (Å²) in [5.74, 6) is -0.00877. The van der Waals surface area contributed by atoms with Crippen molar-refractivity contribution in [3.8, 4) is 5.75 Å². The average Bonchev–Trinajstić information content (AvgIpc) is 2.16. The van der Waals surface area contributed by atoms with Crippen molar-refractivity contribution in [1.82, 2.24) is 0 Å². The summed E-state index contributed by atoms with van der Waals surface area (Å²) in [6.45, 7) is 0.692. The van der Waals surface area contributed by atoms with E-state index in [0.29, 0.717) is 11.4 Å². The van der Waals surface area contributed by atoms with Gasteiger partial charge in [0, 0.05) is 10.0 Å². The molecule has 0 aliphatic rings. The molecule has 0 amide bonds. The molecule has 1 aromatic carbocycles. The Kier molecular flexibility index (Phi) is 3.54. The standard InChI is InChI=1S/C10H10BrF3O2/c1-9(15,10(12,13)14)7-5-6(11)3-4-8(7)16-2/h3-5,15H,1-2H3. The second kappa shape index (κ2) is 4.25. The van der Waals surface area contributed by atoms with E-state index >= 15 is 0 Å². The quantitative estimate of drug-likeness (QED) is 0.908.